The van der Waals surface area contributed by atoms with Crippen molar-refractivity contribution >= 4 is 29.1 Å². The average molecular weight is 502 g/mol. The van der Waals surface area contributed by atoms with Crippen molar-refractivity contribution in [1.82, 2.24) is 5.32 Å². The van der Waals surface area contributed by atoms with Crippen LogP contribution in [0.1, 0.15) is 36.4 Å². The normalized spacial score (nSPS) is 17.8. The van der Waals surface area contributed by atoms with E-state index in [1.54, 1.807) is 12.1 Å². The molecule has 0 radical (unpaired) electrons. The fraction of sp³-hybridized carbons (Fsp3) is 0.250. The van der Waals surface area contributed by atoms with Crippen LogP contribution in [0.25, 0.3) is 11.1 Å². The molecule has 0 bridgehead atoms. The van der Waals surface area contributed by atoms with Crippen LogP contribution in [0.2, 0.25) is 0 Å². The number of phenolic OH excluding ortho intramolecular Hbond substituents is 1. The topological polar surface area (TPSA) is 129 Å². The average Bonchev–Trinajstić information content (AvgIpc) is 3.69. The van der Waals surface area contributed by atoms with E-state index in [-0.39, 0.29) is 17.7 Å². The van der Waals surface area contributed by atoms with Crippen molar-refractivity contribution in [2.75, 3.05) is 17.2 Å². The number of nitrogens with one attached hydrogen (secondary N) is 3. The van der Waals surface area contributed by atoms with Gasteiger partial charge in [0.1, 0.15) is 17.0 Å². The lowest BCUT2D eigenvalue weighted by Crippen LogP contribution is -2.38. The third-order valence-corrected chi connectivity index (χ3v) is 6.94. The fourth-order valence-electron chi connectivity index (χ4n) is 4.63. The lowest BCUT2D eigenvalue weighted by Gasteiger charge is -2.24. The van der Waals surface area contributed by atoms with Crippen LogP contribution in [-0.2, 0) is 9.59 Å². The third kappa shape index (κ3) is 4.97. The molecule has 37 heavy (non-hydrogen) atoms. The maximum atomic E-state index is 13.1. The smallest absolute Gasteiger partial charge is 0.240 e. The van der Waals surface area contributed by atoms with E-state index < -0.39 is 17.1 Å². The summed E-state index contributed by atoms with van der Waals surface area (Å²) < 4.78 is 13.1. The van der Waals surface area contributed by atoms with Gasteiger partial charge >= 0.3 is 0 Å². The Kier molecular flexibility index (Phi) is 6.29. The summed E-state index contributed by atoms with van der Waals surface area (Å²) in [6, 6.07) is 16.3. The Hall–Kier alpha value is -4.40. The highest BCUT2D eigenvalue weighted by molar-refractivity contribution is 6.17. The van der Waals surface area contributed by atoms with Gasteiger partial charge in [0.2, 0.25) is 11.8 Å². The van der Waals surface area contributed by atoms with Gasteiger partial charge in [-0.15, -0.1) is 0 Å². The van der Waals surface area contributed by atoms with Crippen LogP contribution >= 0.6 is 0 Å². The molecule has 0 spiro atoms. The number of rotatable bonds is 6. The number of carbonyl (C=O) groups excluding carboxylic acids is 2. The van der Waals surface area contributed by atoms with Crippen LogP contribution in [0.15, 0.2) is 65.7 Å². The highest BCUT2D eigenvalue weighted by atomic mass is 19.1. The van der Waals surface area contributed by atoms with Crippen LogP contribution in [0.5, 0.6) is 5.75 Å². The van der Waals surface area contributed by atoms with Gasteiger partial charge in [0.15, 0.2) is 5.96 Å². The van der Waals surface area contributed by atoms with Gasteiger partial charge in [0.05, 0.1) is 6.04 Å². The van der Waals surface area contributed by atoms with Gasteiger partial charge in [-0.2, -0.15) is 0 Å². The molecule has 2 aliphatic rings. The molecule has 8 nitrogen and oxygen atoms in total. The Morgan fingerprint density at radius 3 is 2.35 bits per heavy atom. The summed E-state index contributed by atoms with van der Waals surface area (Å²) in [6.07, 6.45) is 1.62. The highest BCUT2D eigenvalue weighted by Crippen LogP contribution is 2.47. The molecule has 0 aromatic heterocycles. The van der Waals surface area contributed by atoms with Gasteiger partial charge in [-0.25, -0.2) is 4.39 Å². The standard InChI is InChI=1S/C28H28FN5O3/c1-16-14-20(33-26(37)28(11-12-28)25(36)32-19-5-3-18(29)4-6-19)7-8-21(16)17-2-9-24(35)22(15-17)23-10-13-31-27(30)34-23/h2-9,14-15,23,35H,10-13H2,1H3,(H,32,36)(H,33,37)(H3,30,31,34). The molecule has 1 aliphatic heterocycles. The summed E-state index contributed by atoms with van der Waals surface area (Å²) >= 11 is 0. The number of guanidine groups is 1. The van der Waals surface area contributed by atoms with E-state index in [0.717, 1.165) is 28.7 Å². The maximum absolute atomic E-state index is 13.1. The lowest BCUT2D eigenvalue weighted by molar-refractivity contribution is -0.131. The minimum Gasteiger partial charge on any atom is -0.508 e. The van der Waals surface area contributed by atoms with Gasteiger partial charge in [-0.1, -0.05) is 12.1 Å². The molecule has 190 valence electrons. The number of phenols is 1. The van der Waals surface area contributed by atoms with Crippen molar-refractivity contribution in [2.24, 2.45) is 16.1 Å². The number of aryl methyl sites for hydroxylation is 1. The molecule has 1 unspecified atom stereocenters. The Morgan fingerprint density at radius 2 is 1.70 bits per heavy atom. The van der Waals surface area contributed by atoms with Crippen LogP contribution in [0.4, 0.5) is 15.8 Å². The number of halogens is 1. The quantitative estimate of drug-likeness (QED) is 0.323. The van der Waals surface area contributed by atoms with Crippen LogP contribution in [0.3, 0.4) is 0 Å². The lowest BCUT2D eigenvalue weighted by atomic mass is 9.94. The predicted octanol–water partition coefficient (Wildman–Crippen LogP) is 4.21. The van der Waals surface area contributed by atoms with Gasteiger partial charge in [-0.05, 0) is 91.4 Å². The minimum absolute atomic E-state index is 0.132. The van der Waals surface area contributed by atoms with Gasteiger partial charge in [-0.3, -0.25) is 14.6 Å². The van der Waals surface area contributed by atoms with E-state index in [4.69, 9.17) is 5.73 Å². The Balaban J connectivity index is 1.30. The number of nitrogens with two attached hydrogens (primary N) is 1. The summed E-state index contributed by atoms with van der Waals surface area (Å²) in [4.78, 5) is 30.0. The second-order valence-electron chi connectivity index (χ2n) is 9.55. The van der Waals surface area contributed by atoms with E-state index >= 15 is 0 Å². The summed E-state index contributed by atoms with van der Waals surface area (Å²) in [7, 11) is 0. The molecule has 1 atom stereocenters. The molecule has 2 amide bonds. The largest absolute Gasteiger partial charge is 0.508 e. The predicted molar refractivity (Wildman–Crippen MR) is 141 cm³/mol. The molecule has 3 aromatic rings. The van der Waals surface area contributed by atoms with E-state index in [2.05, 4.69) is 20.9 Å². The van der Waals surface area contributed by atoms with Crippen LogP contribution < -0.4 is 21.7 Å². The second kappa shape index (κ2) is 9.57. The van der Waals surface area contributed by atoms with Crippen molar-refractivity contribution in [3.05, 3.63) is 77.6 Å². The van der Waals surface area contributed by atoms with Crippen molar-refractivity contribution < 1.29 is 19.1 Å². The minimum atomic E-state index is -1.13. The van der Waals surface area contributed by atoms with E-state index in [9.17, 15) is 19.1 Å². The summed E-state index contributed by atoms with van der Waals surface area (Å²) in [5.74, 6) is -0.621. The third-order valence-electron chi connectivity index (χ3n) is 6.94. The molecular weight excluding hydrogens is 473 g/mol. The molecule has 6 N–H and O–H groups in total. The summed E-state index contributed by atoms with van der Waals surface area (Å²) in [5, 5.41) is 19.2. The van der Waals surface area contributed by atoms with Gasteiger partial charge < -0.3 is 26.8 Å². The molecule has 1 fully saturated rings. The zero-order valence-electron chi connectivity index (χ0n) is 20.3. The Labute approximate surface area is 213 Å². The molecule has 0 saturated heterocycles. The van der Waals surface area contributed by atoms with Crippen molar-refractivity contribution in [3.63, 3.8) is 0 Å². The maximum Gasteiger partial charge on any atom is 0.240 e. The monoisotopic (exact) mass is 501 g/mol. The SMILES string of the molecule is Cc1cc(NC(=O)C2(C(=O)Nc3ccc(F)cc3)CC2)ccc1-c1ccc(O)c(C2CCN=C(N)N2)c1. The number of anilines is 2. The van der Waals surface area contributed by atoms with Crippen molar-refractivity contribution in [1.29, 1.82) is 0 Å². The zero-order chi connectivity index (χ0) is 26.2. The number of nitrogens with zero attached hydrogens (tertiary/aromatic N) is 1. The number of carbonyl (C=O) groups is 2. The number of aromatic hydroxyl groups is 1. The van der Waals surface area contributed by atoms with Gasteiger partial charge in [0.25, 0.3) is 0 Å². The molecule has 3 aromatic carbocycles. The zero-order valence-corrected chi connectivity index (χ0v) is 20.3. The Morgan fingerprint density at radius 1 is 1.03 bits per heavy atom. The molecule has 9 heteroatoms. The molecule has 1 heterocycles. The van der Waals surface area contributed by atoms with E-state index in [1.807, 2.05) is 31.2 Å². The molecular formula is C28H28FN5O3. The Bertz CT molecular complexity index is 1400. The first-order valence-corrected chi connectivity index (χ1v) is 12.1. The first-order chi connectivity index (χ1) is 17.7. The van der Waals surface area contributed by atoms with E-state index in [1.165, 1.54) is 24.3 Å². The number of hydrogen-bond acceptors (Lipinski definition) is 6. The molecule has 5 rings (SSSR count). The number of amides is 2. The van der Waals surface area contributed by atoms with Crippen molar-refractivity contribution in [2.45, 2.75) is 32.2 Å². The first-order valence-electron chi connectivity index (χ1n) is 12.1. The summed E-state index contributed by atoms with van der Waals surface area (Å²) in [5.41, 5.74) is 9.26. The molecule has 1 aliphatic carbocycles. The number of aliphatic imine (C=N–C) groups is 1. The van der Waals surface area contributed by atoms with Crippen LogP contribution in [0, 0.1) is 18.2 Å². The summed E-state index contributed by atoms with van der Waals surface area (Å²) in [6.45, 7) is 2.53. The van der Waals surface area contributed by atoms with Crippen molar-refractivity contribution in [3.8, 4) is 16.9 Å². The first kappa shape index (κ1) is 24.3. The second-order valence-corrected chi connectivity index (χ2v) is 9.55. The molecule has 1 saturated carbocycles. The number of benzene rings is 3. The van der Waals surface area contributed by atoms with E-state index in [0.29, 0.717) is 36.7 Å². The van der Waals surface area contributed by atoms with Gasteiger partial charge in [0, 0.05) is 23.5 Å². The van der Waals surface area contributed by atoms with Crippen LogP contribution in [-0.4, -0.2) is 29.4 Å². The highest BCUT2D eigenvalue weighted by Gasteiger charge is 2.56. The fourth-order valence-corrected chi connectivity index (χ4v) is 4.63. The number of hydrogen-bond donors (Lipinski definition) is 5.